The van der Waals surface area contributed by atoms with Crippen molar-refractivity contribution < 1.29 is 63.0 Å². The van der Waals surface area contributed by atoms with Crippen molar-refractivity contribution in [1.82, 2.24) is 0 Å². The van der Waals surface area contributed by atoms with Gasteiger partial charge >= 0.3 is 51.4 Å². The molecule has 0 aromatic carbocycles. The predicted octanol–water partition coefficient (Wildman–Crippen LogP) is -2.50. The second-order valence-electron chi connectivity index (χ2n) is 1.08. The third-order valence-electron chi connectivity index (χ3n) is 0.512. The quantitative estimate of drug-likeness (QED) is 0.423. The van der Waals surface area contributed by atoms with Gasteiger partial charge in [-0.15, -0.1) is 0 Å². The van der Waals surface area contributed by atoms with E-state index in [1.54, 1.807) is 0 Å². The van der Waals surface area contributed by atoms with Crippen LogP contribution in [-0.4, -0.2) is 23.9 Å². The molecule has 0 spiro atoms. The second-order valence-corrected chi connectivity index (χ2v) is 1.08. The van der Waals surface area contributed by atoms with E-state index in [1.165, 1.54) is 0 Å². The molecular weight excluding hydrogens is 131 g/mol. The van der Waals surface area contributed by atoms with E-state index in [9.17, 15) is 0 Å². The van der Waals surface area contributed by atoms with E-state index in [2.05, 4.69) is 6.92 Å². The minimum atomic E-state index is 0. The van der Waals surface area contributed by atoms with Crippen LogP contribution in [0.2, 0.25) is 0 Å². The minimum absolute atomic E-state index is 0. The van der Waals surface area contributed by atoms with Crippen LogP contribution in [0.4, 0.5) is 0 Å². The molecule has 0 fully saturated rings. The van der Waals surface area contributed by atoms with E-state index in [-0.39, 0.29) is 52.8 Å². The van der Waals surface area contributed by atoms with Crippen LogP contribution in [0.15, 0.2) is 0 Å². The largest absolute Gasteiger partial charge is 1.00 e. The monoisotopic (exact) mass is 146 g/mol. The van der Waals surface area contributed by atoms with Gasteiger partial charge in [0, 0.05) is 13.7 Å². The second kappa shape index (κ2) is 23.5. The summed E-state index contributed by atoms with van der Waals surface area (Å²) in [7, 11) is 1.00. The Morgan fingerprint density at radius 3 is 1.75 bits per heavy atom. The maximum atomic E-state index is 8.07. The zero-order valence-corrected chi connectivity index (χ0v) is 9.14. The van der Waals surface area contributed by atoms with Gasteiger partial charge in [-0.05, 0) is 6.42 Å². The Hall–Kier alpha value is 1.56. The number of rotatable bonds is 2. The first kappa shape index (κ1) is 16.3. The van der Waals surface area contributed by atoms with Crippen molar-refractivity contribution in [3.63, 3.8) is 0 Å². The molecule has 0 aliphatic heterocycles. The van der Waals surface area contributed by atoms with Gasteiger partial charge in [-0.2, -0.15) is 0 Å². The molecule has 0 bridgehead atoms. The molecule has 0 atom stereocenters. The van der Waals surface area contributed by atoms with Gasteiger partial charge < -0.3 is 11.6 Å². The van der Waals surface area contributed by atoms with Gasteiger partial charge in [0.2, 0.25) is 0 Å². The fraction of sp³-hybridized carbons (Fsp3) is 1.00. The summed E-state index contributed by atoms with van der Waals surface area (Å²) in [6.07, 6.45) is 2.04. The molecule has 0 aromatic rings. The van der Waals surface area contributed by atoms with Gasteiger partial charge in [0.1, 0.15) is 0 Å². The van der Waals surface area contributed by atoms with Crippen molar-refractivity contribution in [2.45, 2.75) is 19.8 Å². The molecule has 2 nitrogen and oxygen atoms in total. The summed E-state index contributed by atoms with van der Waals surface area (Å²) in [6, 6.07) is 0. The van der Waals surface area contributed by atoms with Crippen molar-refractivity contribution in [1.29, 1.82) is 0 Å². The smallest absolute Gasteiger partial charge is 1.00 e. The van der Waals surface area contributed by atoms with E-state index in [4.69, 9.17) is 10.2 Å². The summed E-state index contributed by atoms with van der Waals surface area (Å²) in [5.74, 6) is 0. The Balaban J connectivity index is -0.0000000286. The van der Waals surface area contributed by atoms with Crippen LogP contribution in [0.25, 0.3) is 0 Å². The zero-order valence-electron chi connectivity index (χ0n) is 7.02. The molecular formula is C5H15KO2. The summed E-state index contributed by atoms with van der Waals surface area (Å²) >= 11 is 0. The van der Waals surface area contributed by atoms with Crippen molar-refractivity contribution in [2.75, 3.05) is 13.7 Å². The Morgan fingerprint density at radius 1 is 1.38 bits per heavy atom. The molecule has 0 rings (SSSR count). The van der Waals surface area contributed by atoms with Crippen LogP contribution < -0.4 is 51.4 Å². The average Bonchev–Trinajstić information content (AvgIpc) is 1.75. The van der Waals surface area contributed by atoms with E-state index in [0.717, 1.165) is 20.0 Å². The van der Waals surface area contributed by atoms with E-state index >= 15 is 0 Å². The van der Waals surface area contributed by atoms with Crippen LogP contribution in [0.3, 0.4) is 0 Å². The van der Waals surface area contributed by atoms with Crippen LogP contribution in [0.1, 0.15) is 21.2 Å². The molecule has 0 saturated carbocycles. The SMILES string of the molecule is CCCCO.CO.[H-].[K+]. The maximum absolute atomic E-state index is 8.07. The maximum Gasteiger partial charge on any atom is 1.00 e. The van der Waals surface area contributed by atoms with Gasteiger partial charge in [0.05, 0.1) is 0 Å². The van der Waals surface area contributed by atoms with Crippen LogP contribution in [-0.2, 0) is 0 Å². The standard InChI is InChI=1S/C4H10O.CH4O.K.H/c1-2-3-4-5;1-2;;/h5H,2-4H2,1H3;2H,1H3;;/q;;+1;-1. The van der Waals surface area contributed by atoms with Gasteiger partial charge in [-0.3, -0.25) is 0 Å². The summed E-state index contributed by atoms with van der Waals surface area (Å²) < 4.78 is 0. The van der Waals surface area contributed by atoms with Crippen molar-refractivity contribution in [3.8, 4) is 0 Å². The molecule has 0 radical (unpaired) electrons. The Morgan fingerprint density at radius 2 is 1.75 bits per heavy atom. The van der Waals surface area contributed by atoms with E-state index < -0.39 is 0 Å². The van der Waals surface area contributed by atoms with Crippen LogP contribution >= 0.6 is 0 Å². The average molecular weight is 146 g/mol. The first-order valence-electron chi connectivity index (χ1n) is 2.47. The first-order chi connectivity index (χ1) is 3.41. The number of hydrogen-bond acceptors (Lipinski definition) is 2. The Labute approximate surface area is 95.2 Å². The number of hydrogen-bond donors (Lipinski definition) is 2. The van der Waals surface area contributed by atoms with E-state index in [1.807, 2.05) is 0 Å². The third-order valence-corrected chi connectivity index (χ3v) is 0.512. The summed E-state index contributed by atoms with van der Waals surface area (Å²) in [4.78, 5) is 0. The molecule has 48 valence electrons. The number of aliphatic hydroxyl groups excluding tert-OH is 2. The van der Waals surface area contributed by atoms with Crippen LogP contribution in [0, 0.1) is 0 Å². The molecule has 0 aromatic heterocycles. The van der Waals surface area contributed by atoms with Crippen molar-refractivity contribution in [3.05, 3.63) is 0 Å². The summed E-state index contributed by atoms with van der Waals surface area (Å²) in [5, 5.41) is 15.1. The summed E-state index contributed by atoms with van der Waals surface area (Å²) in [5.41, 5.74) is 0. The number of unbranched alkanes of at least 4 members (excludes halogenated alkanes) is 1. The molecule has 0 saturated heterocycles. The summed E-state index contributed by atoms with van der Waals surface area (Å²) in [6.45, 7) is 2.40. The van der Waals surface area contributed by atoms with Gasteiger partial charge in [-0.25, -0.2) is 0 Å². The van der Waals surface area contributed by atoms with Crippen LogP contribution in [0.5, 0.6) is 0 Å². The molecule has 0 amide bonds. The molecule has 0 aliphatic rings. The normalized spacial score (nSPS) is 6.00. The first-order valence-corrected chi connectivity index (χ1v) is 2.47. The number of aliphatic hydroxyl groups is 2. The molecule has 0 unspecified atom stereocenters. The Bertz CT molecular complexity index is 22.4. The predicted molar refractivity (Wildman–Crippen MR) is 31.2 cm³/mol. The molecule has 0 heterocycles. The van der Waals surface area contributed by atoms with Gasteiger partial charge in [0.25, 0.3) is 0 Å². The topological polar surface area (TPSA) is 40.5 Å². The minimum Gasteiger partial charge on any atom is -1.00 e. The molecule has 2 N–H and O–H groups in total. The van der Waals surface area contributed by atoms with Crippen molar-refractivity contribution in [2.24, 2.45) is 0 Å². The Kier molecular flexibility index (Phi) is 47.9. The van der Waals surface area contributed by atoms with Gasteiger partial charge in [0.15, 0.2) is 0 Å². The van der Waals surface area contributed by atoms with Gasteiger partial charge in [-0.1, -0.05) is 13.3 Å². The molecule has 3 heteroatoms. The molecule has 0 aliphatic carbocycles. The molecule has 8 heavy (non-hydrogen) atoms. The fourth-order valence-electron chi connectivity index (χ4n) is 0.158. The van der Waals surface area contributed by atoms with Crippen molar-refractivity contribution >= 4 is 0 Å². The fourth-order valence-corrected chi connectivity index (χ4v) is 0.158. The van der Waals surface area contributed by atoms with E-state index in [0.29, 0.717) is 6.61 Å². The zero-order chi connectivity index (χ0) is 6.12. The third kappa shape index (κ3) is 25.7.